The van der Waals surface area contributed by atoms with E-state index in [2.05, 4.69) is 68.7 Å². The molecule has 1 aliphatic rings. The second-order valence-electron chi connectivity index (χ2n) is 7.22. The predicted molar refractivity (Wildman–Crippen MR) is 131 cm³/mol. The van der Waals surface area contributed by atoms with E-state index in [4.69, 9.17) is 4.74 Å². The molecule has 0 saturated carbocycles. The summed E-state index contributed by atoms with van der Waals surface area (Å²) >= 11 is 1.68. The predicted octanol–water partition coefficient (Wildman–Crippen LogP) is 3.46. The number of aryl methyl sites for hydroxylation is 2. The summed E-state index contributed by atoms with van der Waals surface area (Å²) in [6.45, 7) is 9.22. The average Bonchev–Trinajstić information content (AvgIpc) is 3.10. The summed E-state index contributed by atoms with van der Waals surface area (Å²) in [6, 6.07) is 9.08. The number of halogens is 1. The molecule has 8 heteroatoms. The van der Waals surface area contributed by atoms with Crippen LogP contribution >= 0.6 is 35.3 Å². The Morgan fingerprint density at radius 2 is 2.10 bits per heavy atom. The molecular formula is C21H32IN5OS. The van der Waals surface area contributed by atoms with E-state index in [9.17, 15) is 0 Å². The molecule has 0 bridgehead atoms. The van der Waals surface area contributed by atoms with Gasteiger partial charge in [0.1, 0.15) is 0 Å². The third-order valence-corrected chi connectivity index (χ3v) is 5.83. The van der Waals surface area contributed by atoms with Crippen LogP contribution in [-0.4, -0.2) is 67.7 Å². The van der Waals surface area contributed by atoms with Gasteiger partial charge in [0.05, 0.1) is 36.5 Å². The first-order chi connectivity index (χ1) is 13.6. The zero-order valence-corrected chi connectivity index (χ0v) is 20.9. The Bertz CT molecular complexity index is 791. The van der Waals surface area contributed by atoms with E-state index >= 15 is 0 Å². The normalized spacial score (nSPS) is 16.2. The molecule has 1 atom stereocenters. The summed E-state index contributed by atoms with van der Waals surface area (Å²) < 4.78 is 5.56. The number of nitrogens with zero attached hydrogens (tertiary/aromatic N) is 4. The summed E-state index contributed by atoms with van der Waals surface area (Å²) in [5, 5.41) is 6.79. The summed E-state index contributed by atoms with van der Waals surface area (Å²) in [4.78, 5) is 13.7. The molecule has 0 amide bonds. The molecule has 29 heavy (non-hydrogen) atoms. The van der Waals surface area contributed by atoms with Crippen molar-refractivity contribution >= 4 is 41.3 Å². The Morgan fingerprint density at radius 3 is 2.72 bits per heavy atom. The van der Waals surface area contributed by atoms with Gasteiger partial charge in [-0.25, -0.2) is 4.98 Å². The zero-order chi connectivity index (χ0) is 19.9. The fourth-order valence-electron chi connectivity index (χ4n) is 3.60. The molecule has 3 rings (SSSR count). The van der Waals surface area contributed by atoms with E-state index in [1.54, 1.807) is 11.3 Å². The SMILES string of the molecule is CN=C(NCC(c1cccc(C)c1)N1CCOCC1)N(C)Cc1csc(C)n1.I. The number of hydrogen-bond donors (Lipinski definition) is 1. The highest BCUT2D eigenvalue weighted by molar-refractivity contribution is 14.0. The van der Waals surface area contributed by atoms with Crippen LogP contribution in [0.25, 0.3) is 0 Å². The van der Waals surface area contributed by atoms with Gasteiger partial charge in [0.2, 0.25) is 0 Å². The molecular weight excluding hydrogens is 497 g/mol. The maximum Gasteiger partial charge on any atom is 0.193 e. The summed E-state index contributed by atoms with van der Waals surface area (Å²) in [5.74, 6) is 0.886. The second kappa shape index (κ2) is 11.8. The Labute approximate surface area is 195 Å². The van der Waals surface area contributed by atoms with E-state index in [0.29, 0.717) is 0 Å². The van der Waals surface area contributed by atoms with Gasteiger partial charge in [-0.1, -0.05) is 29.8 Å². The highest BCUT2D eigenvalue weighted by atomic mass is 127. The van der Waals surface area contributed by atoms with Gasteiger partial charge in [-0.05, 0) is 19.4 Å². The van der Waals surface area contributed by atoms with Gasteiger partial charge in [0, 0.05) is 39.1 Å². The lowest BCUT2D eigenvalue weighted by Gasteiger charge is -2.35. The van der Waals surface area contributed by atoms with Gasteiger partial charge in [-0.3, -0.25) is 9.89 Å². The number of guanidine groups is 1. The lowest BCUT2D eigenvalue weighted by atomic mass is 10.0. The topological polar surface area (TPSA) is 53.0 Å². The fourth-order valence-corrected chi connectivity index (χ4v) is 4.20. The summed E-state index contributed by atoms with van der Waals surface area (Å²) in [6.07, 6.45) is 0. The molecule has 160 valence electrons. The highest BCUT2D eigenvalue weighted by Crippen LogP contribution is 2.22. The van der Waals surface area contributed by atoms with Crippen molar-refractivity contribution in [3.05, 3.63) is 51.5 Å². The second-order valence-corrected chi connectivity index (χ2v) is 8.28. The van der Waals surface area contributed by atoms with E-state index in [-0.39, 0.29) is 30.0 Å². The number of nitrogens with one attached hydrogen (secondary N) is 1. The van der Waals surface area contributed by atoms with Crippen molar-refractivity contribution < 1.29 is 4.74 Å². The van der Waals surface area contributed by atoms with Crippen LogP contribution in [0, 0.1) is 13.8 Å². The lowest BCUT2D eigenvalue weighted by Crippen LogP contribution is -2.46. The van der Waals surface area contributed by atoms with Crippen molar-refractivity contribution in [2.45, 2.75) is 26.4 Å². The van der Waals surface area contributed by atoms with E-state index in [1.165, 1.54) is 11.1 Å². The molecule has 0 radical (unpaired) electrons. The van der Waals surface area contributed by atoms with E-state index in [0.717, 1.165) is 56.1 Å². The van der Waals surface area contributed by atoms with Crippen molar-refractivity contribution in [2.75, 3.05) is 46.9 Å². The van der Waals surface area contributed by atoms with E-state index < -0.39 is 0 Å². The number of aromatic nitrogens is 1. The first-order valence-corrected chi connectivity index (χ1v) is 10.7. The van der Waals surface area contributed by atoms with Gasteiger partial charge in [-0.2, -0.15) is 0 Å². The maximum absolute atomic E-state index is 5.56. The molecule has 1 saturated heterocycles. The minimum Gasteiger partial charge on any atom is -0.379 e. The van der Waals surface area contributed by atoms with Crippen LogP contribution in [0.4, 0.5) is 0 Å². The molecule has 2 aromatic rings. The largest absolute Gasteiger partial charge is 0.379 e. The van der Waals surface area contributed by atoms with Gasteiger partial charge < -0.3 is 15.0 Å². The summed E-state index contributed by atoms with van der Waals surface area (Å²) in [7, 11) is 3.89. The number of benzene rings is 1. The Morgan fingerprint density at radius 1 is 1.34 bits per heavy atom. The quantitative estimate of drug-likeness (QED) is 0.353. The zero-order valence-electron chi connectivity index (χ0n) is 17.7. The molecule has 2 heterocycles. The monoisotopic (exact) mass is 529 g/mol. The molecule has 0 aliphatic carbocycles. The third-order valence-electron chi connectivity index (χ3n) is 5.01. The average molecular weight is 529 g/mol. The summed E-state index contributed by atoms with van der Waals surface area (Å²) in [5.41, 5.74) is 3.70. The standard InChI is InChI=1S/C21H31N5OS.HI/c1-16-6-5-7-18(12-16)20(26-8-10-27-11-9-26)13-23-21(22-3)25(4)14-19-15-28-17(2)24-19;/h5-7,12,15,20H,8-11,13-14H2,1-4H3,(H,22,23);1H. The van der Waals surface area contributed by atoms with Gasteiger partial charge in [0.25, 0.3) is 0 Å². The fraction of sp³-hybridized carbons (Fsp3) is 0.524. The number of ether oxygens (including phenoxy) is 1. The van der Waals surface area contributed by atoms with Crippen LogP contribution in [0.2, 0.25) is 0 Å². The third kappa shape index (κ3) is 6.91. The number of morpholine rings is 1. The van der Waals surface area contributed by atoms with Crippen LogP contribution in [0.5, 0.6) is 0 Å². The van der Waals surface area contributed by atoms with Crippen molar-refractivity contribution in [1.82, 2.24) is 20.1 Å². The minimum atomic E-state index is 0. The lowest BCUT2D eigenvalue weighted by molar-refractivity contribution is 0.0169. The van der Waals surface area contributed by atoms with Crippen LogP contribution in [0.3, 0.4) is 0 Å². The first kappa shape index (κ1) is 24.0. The van der Waals surface area contributed by atoms with Crippen molar-refractivity contribution in [3.8, 4) is 0 Å². The van der Waals surface area contributed by atoms with Gasteiger partial charge in [-0.15, -0.1) is 35.3 Å². The molecule has 1 aromatic carbocycles. The molecule has 6 nitrogen and oxygen atoms in total. The highest BCUT2D eigenvalue weighted by Gasteiger charge is 2.23. The number of rotatable bonds is 6. The van der Waals surface area contributed by atoms with Crippen LogP contribution in [0.1, 0.15) is 27.9 Å². The smallest absolute Gasteiger partial charge is 0.193 e. The number of aliphatic imine (C=N–C) groups is 1. The Hall–Kier alpha value is -1.23. The first-order valence-electron chi connectivity index (χ1n) is 9.78. The molecule has 0 spiro atoms. The van der Waals surface area contributed by atoms with Crippen LogP contribution in [-0.2, 0) is 11.3 Å². The molecule has 1 N–H and O–H groups in total. The number of thiazole rings is 1. The molecule has 1 fully saturated rings. The van der Waals surface area contributed by atoms with Crippen molar-refractivity contribution in [3.63, 3.8) is 0 Å². The van der Waals surface area contributed by atoms with Gasteiger partial charge >= 0.3 is 0 Å². The van der Waals surface area contributed by atoms with Crippen molar-refractivity contribution in [2.24, 2.45) is 4.99 Å². The molecule has 1 aliphatic heterocycles. The minimum absolute atomic E-state index is 0. The maximum atomic E-state index is 5.56. The van der Waals surface area contributed by atoms with Crippen LogP contribution < -0.4 is 5.32 Å². The van der Waals surface area contributed by atoms with E-state index in [1.807, 2.05) is 14.0 Å². The Balaban J connectivity index is 0.00000300. The molecule has 1 unspecified atom stereocenters. The van der Waals surface area contributed by atoms with Crippen molar-refractivity contribution in [1.29, 1.82) is 0 Å². The van der Waals surface area contributed by atoms with Gasteiger partial charge in [0.15, 0.2) is 5.96 Å². The van der Waals surface area contributed by atoms with Crippen LogP contribution in [0.15, 0.2) is 34.6 Å². The Kier molecular flexibility index (Phi) is 9.81. The molecule has 1 aromatic heterocycles. The number of hydrogen-bond acceptors (Lipinski definition) is 5.